The Morgan fingerprint density at radius 1 is 0.789 bits per heavy atom. The molecule has 0 saturated carbocycles. The highest BCUT2D eigenvalue weighted by atomic mass is 16.5. The van der Waals surface area contributed by atoms with Gasteiger partial charge in [-0.25, -0.2) is 4.98 Å². The highest BCUT2D eigenvalue weighted by molar-refractivity contribution is 6.24. The van der Waals surface area contributed by atoms with E-state index < -0.39 is 42.2 Å². The fraction of sp³-hybridized carbons (Fsp3) is 0.293. The number of hydrogen-bond acceptors (Lipinski definition) is 12. The summed E-state index contributed by atoms with van der Waals surface area (Å²) in [5, 5.41) is 7.55. The molecule has 1 unspecified atom stereocenters. The number of rotatable bonds is 20. The molecule has 57 heavy (non-hydrogen) atoms. The summed E-state index contributed by atoms with van der Waals surface area (Å²) in [5.41, 5.74) is 2.49. The lowest BCUT2D eigenvalue weighted by Gasteiger charge is -2.27. The van der Waals surface area contributed by atoms with Crippen molar-refractivity contribution in [2.75, 3.05) is 59.3 Å². The lowest BCUT2D eigenvalue weighted by atomic mass is 10.0. The van der Waals surface area contributed by atoms with Crippen LogP contribution in [0, 0.1) is 0 Å². The molecule has 4 aromatic rings. The number of carbonyl (C=O) groups excluding carboxylic acids is 6. The molecule has 2 aliphatic heterocycles. The van der Waals surface area contributed by atoms with E-state index in [1.165, 1.54) is 30.4 Å². The first-order chi connectivity index (χ1) is 27.8. The van der Waals surface area contributed by atoms with Crippen LogP contribution in [0.25, 0.3) is 28.7 Å². The number of nitrogens with zero attached hydrogens (tertiary/aromatic N) is 2. The first-order valence-corrected chi connectivity index (χ1v) is 18.3. The van der Waals surface area contributed by atoms with Crippen molar-refractivity contribution in [3.05, 3.63) is 102 Å². The predicted molar refractivity (Wildman–Crippen MR) is 203 cm³/mol. The van der Waals surface area contributed by atoms with Gasteiger partial charge in [0.25, 0.3) is 17.7 Å². The molecule has 1 atom stereocenters. The maximum atomic E-state index is 13.2. The van der Waals surface area contributed by atoms with Gasteiger partial charge in [0.05, 0.1) is 50.8 Å². The monoisotopic (exact) mass is 779 g/mol. The number of fused-ring (bicyclic) bond motifs is 1. The van der Waals surface area contributed by atoms with Crippen molar-refractivity contribution in [1.29, 1.82) is 0 Å². The molecule has 0 spiro atoms. The van der Waals surface area contributed by atoms with Crippen molar-refractivity contribution in [3.63, 3.8) is 0 Å². The van der Waals surface area contributed by atoms with Gasteiger partial charge in [0.2, 0.25) is 23.6 Å². The summed E-state index contributed by atoms with van der Waals surface area (Å²) >= 11 is 0. The number of piperidine rings is 1. The van der Waals surface area contributed by atoms with Crippen molar-refractivity contribution in [1.82, 2.24) is 25.8 Å². The van der Waals surface area contributed by atoms with Crippen LogP contribution in [0.15, 0.2) is 89.4 Å². The molecule has 6 rings (SSSR count). The molecule has 16 heteroatoms. The van der Waals surface area contributed by atoms with E-state index >= 15 is 0 Å². The minimum absolute atomic E-state index is 0.00389. The average molecular weight is 780 g/mol. The largest absolute Gasteiger partial charge is 0.483 e. The lowest BCUT2D eigenvalue weighted by Crippen LogP contribution is -2.54. The molecule has 2 aliphatic rings. The predicted octanol–water partition coefficient (Wildman–Crippen LogP) is 2.78. The summed E-state index contributed by atoms with van der Waals surface area (Å²) in [6.45, 7) is 1.82. The normalized spacial score (nSPS) is 15.2. The molecule has 1 aromatic heterocycles. The molecule has 3 aromatic carbocycles. The standard InChI is InChI=1S/C41H41N5O11/c47-32(16-17-35-45-37(27-8-3-1-4-9-27)38(57-35)28-10-5-2-6-11-28)42-18-20-53-22-24-55-25-23-54-21-19-43-34(49)26-56-31-13-7-12-29-36(31)41(52)46(40(29)51)30-14-15-33(48)44-39(30)50/h1-13,16-17,30H,14-15,18-26H2,(H,42,47)(H,43,49)(H,44,48,50). The number of ether oxygens (including phenoxy) is 4. The number of nitrogens with one attached hydrogen (secondary N) is 3. The highest BCUT2D eigenvalue weighted by Crippen LogP contribution is 2.34. The van der Waals surface area contributed by atoms with E-state index in [2.05, 4.69) is 20.9 Å². The van der Waals surface area contributed by atoms with Crippen LogP contribution in [0.3, 0.4) is 0 Å². The summed E-state index contributed by atoms with van der Waals surface area (Å²) in [4.78, 5) is 80.1. The van der Waals surface area contributed by atoms with Crippen LogP contribution < -0.4 is 20.7 Å². The molecule has 3 heterocycles. The van der Waals surface area contributed by atoms with E-state index in [1.807, 2.05) is 60.7 Å². The zero-order chi connectivity index (χ0) is 40.0. The first-order valence-electron chi connectivity index (χ1n) is 18.3. The summed E-state index contributed by atoms with van der Waals surface area (Å²) < 4.78 is 28.0. The number of aromatic nitrogens is 1. The third kappa shape index (κ3) is 10.6. The molecule has 296 valence electrons. The van der Waals surface area contributed by atoms with E-state index in [1.54, 1.807) is 0 Å². The van der Waals surface area contributed by atoms with Crippen LogP contribution in [-0.4, -0.2) is 111 Å². The fourth-order valence-electron chi connectivity index (χ4n) is 6.04. The van der Waals surface area contributed by atoms with Gasteiger partial charge in [-0.3, -0.25) is 39.0 Å². The van der Waals surface area contributed by atoms with Crippen LogP contribution >= 0.6 is 0 Å². The molecule has 0 radical (unpaired) electrons. The molecule has 3 N–H and O–H groups in total. The van der Waals surface area contributed by atoms with Gasteiger partial charge in [0.1, 0.15) is 17.5 Å². The quantitative estimate of drug-likeness (QED) is 0.0673. The third-order valence-corrected chi connectivity index (χ3v) is 8.75. The molecule has 1 fully saturated rings. The van der Waals surface area contributed by atoms with E-state index in [-0.39, 0.29) is 55.4 Å². The Morgan fingerprint density at radius 3 is 2.12 bits per heavy atom. The van der Waals surface area contributed by atoms with E-state index in [0.717, 1.165) is 16.0 Å². The van der Waals surface area contributed by atoms with Crippen LogP contribution in [-0.2, 0) is 33.4 Å². The van der Waals surface area contributed by atoms with Gasteiger partial charge in [-0.15, -0.1) is 0 Å². The number of oxazole rings is 1. The highest BCUT2D eigenvalue weighted by Gasteiger charge is 2.46. The summed E-state index contributed by atoms with van der Waals surface area (Å²) in [7, 11) is 0. The van der Waals surface area contributed by atoms with Crippen molar-refractivity contribution >= 4 is 41.5 Å². The minimum atomic E-state index is -1.11. The van der Waals surface area contributed by atoms with Crippen LogP contribution in [0.5, 0.6) is 5.75 Å². The second kappa shape index (κ2) is 19.9. The molecular formula is C41H41N5O11. The maximum Gasteiger partial charge on any atom is 0.266 e. The van der Waals surface area contributed by atoms with E-state index in [9.17, 15) is 28.8 Å². The molecule has 1 saturated heterocycles. The van der Waals surface area contributed by atoms with Gasteiger partial charge >= 0.3 is 0 Å². The summed E-state index contributed by atoms with van der Waals surface area (Å²) in [5.74, 6) is -2.40. The van der Waals surface area contributed by atoms with Gasteiger partial charge in [-0.1, -0.05) is 66.7 Å². The summed E-state index contributed by atoms with van der Waals surface area (Å²) in [6.07, 6.45) is 2.92. The van der Waals surface area contributed by atoms with E-state index in [0.29, 0.717) is 50.3 Å². The Bertz CT molecular complexity index is 2050. The molecule has 16 nitrogen and oxygen atoms in total. The number of benzene rings is 3. The number of hydrogen-bond donors (Lipinski definition) is 3. The Hall–Kier alpha value is -6.49. The lowest BCUT2D eigenvalue weighted by molar-refractivity contribution is -0.136. The second-order valence-corrected chi connectivity index (χ2v) is 12.7. The molecular weight excluding hydrogens is 738 g/mol. The smallest absolute Gasteiger partial charge is 0.266 e. The van der Waals surface area contributed by atoms with Gasteiger partial charge in [-0.2, -0.15) is 0 Å². The van der Waals surface area contributed by atoms with Gasteiger partial charge in [0.15, 0.2) is 12.4 Å². The Morgan fingerprint density at radius 2 is 1.44 bits per heavy atom. The van der Waals surface area contributed by atoms with E-state index in [4.69, 9.17) is 23.4 Å². The first kappa shape index (κ1) is 40.2. The number of carbonyl (C=O) groups is 6. The Labute approximate surface area is 327 Å². The third-order valence-electron chi connectivity index (χ3n) is 8.75. The molecule has 0 bridgehead atoms. The van der Waals surface area contributed by atoms with Gasteiger partial charge in [0, 0.05) is 42.8 Å². The minimum Gasteiger partial charge on any atom is -0.483 e. The van der Waals surface area contributed by atoms with Crippen molar-refractivity contribution in [2.24, 2.45) is 0 Å². The average Bonchev–Trinajstić information content (AvgIpc) is 3.77. The van der Waals surface area contributed by atoms with Crippen LogP contribution in [0.2, 0.25) is 0 Å². The molecule has 0 aliphatic carbocycles. The van der Waals surface area contributed by atoms with Crippen molar-refractivity contribution in [2.45, 2.75) is 18.9 Å². The van der Waals surface area contributed by atoms with Crippen LogP contribution in [0.1, 0.15) is 39.4 Å². The zero-order valence-electron chi connectivity index (χ0n) is 30.9. The van der Waals surface area contributed by atoms with Crippen LogP contribution in [0.4, 0.5) is 0 Å². The summed E-state index contributed by atoms with van der Waals surface area (Å²) in [6, 6.07) is 22.7. The maximum absolute atomic E-state index is 13.2. The number of amides is 6. The Kier molecular flexibility index (Phi) is 14.0. The zero-order valence-corrected chi connectivity index (χ0v) is 30.9. The van der Waals surface area contributed by atoms with Gasteiger partial charge < -0.3 is 34.0 Å². The fourth-order valence-corrected chi connectivity index (χ4v) is 6.04. The second-order valence-electron chi connectivity index (χ2n) is 12.7. The van der Waals surface area contributed by atoms with Crippen molar-refractivity contribution in [3.8, 4) is 28.3 Å². The SMILES string of the molecule is O=C(C=Cc1nc(-c2ccccc2)c(-c2ccccc2)o1)NCCOCCOCCOCCNC(=O)COc1cccc2c1C(=O)N(C1CCC(=O)NC1=O)C2=O. The molecule has 6 amide bonds. The van der Waals surface area contributed by atoms with Gasteiger partial charge in [-0.05, 0) is 18.6 Å². The van der Waals surface area contributed by atoms with Crippen molar-refractivity contribution < 1.29 is 52.1 Å². The number of imide groups is 2. The topological polar surface area (TPSA) is 205 Å². The Balaban J connectivity index is 0.792.